The van der Waals surface area contributed by atoms with Crippen LogP contribution in [0.4, 0.5) is 11.4 Å². The van der Waals surface area contributed by atoms with Crippen molar-refractivity contribution in [2.24, 2.45) is 5.92 Å². The molecule has 1 aromatic carbocycles. The summed E-state index contributed by atoms with van der Waals surface area (Å²) in [5.41, 5.74) is 7.60. The van der Waals surface area contributed by atoms with Crippen LogP contribution in [0.3, 0.4) is 0 Å². The van der Waals surface area contributed by atoms with E-state index in [1.54, 1.807) is 32.2 Å². The lowest BCUT2D eigenvalue weighted by atomic mass is 10.1. The number of hydrogen-bond donors (Lipinski definition) is 1. The lowest BCUT2D eigenvalue weighted by Gasteiger charge is -2.24. The van der Waals surface area contributed by atoms with Gasteiger partial charge in [0.25, 0.3) is 5.91 Å². The highest BCUT2D eigenvalue weighted by molar-refractivity contribution is 6.00. The van der Waals surface area contributed by atoms with Gasteiger partial charge in [0.15, 0.2) is 0 Å². The average molecular weight is 293 g/mol. The van der Waals surface area contributed by atoms with Crippen molar-refractivity contribution in [2.45, 2.75) is 6.92 Å². The molecule has 0 bridgehead atoms. The van der Waals surface area contributed by atoms with E-state index in [4.69, 9.17) is 5.73 Å². The van der Waals surface area contributed by atoms with Crippen LogP contribution in [0, 0.1) is 5.92 Å². The minimum absolute atomic E-state index is 0.179. The molecule has 1 rings (SSSR count). The third kappa shape index (κ3) is 4.11. The van der Waals surface area contributed by atoms with Crippen LogP contribution >= 0.6 is 0 Å². The molecule has 1 atom stereocenters. The third-order valence-corrected chi connectivity index (χ3v) is 3.23. The van der Waals surface area contributed by atoms with Gasteiger partial charge < -0.3 is 20.3 Å². The zero-order valence-electron chi connectivity index (χ0n) is 13.2. The van der Waals surface area contributed by atoms with E-state index in [0.717, 1.165) is 5.69 Å². The summed E-state index contributed by atoms with van der Waals surface area (Å²) in [5, 5.41) is 0. The van der Waals surface area contributed by atoms with E-state index >= 15 is 0 Å². The summed E-state index contributed by atoms with van der Waals surface area (Å²) in [6, 6.07) is 5.21. The van der Waals surface area contributed by atoms with Crippen LogP contribution in [0.2, 0.25) is 0 Å². The van der Waals surface area contributed by atoms with Crippen LogP contribution in [0.1, 0.15) is 17.3 Å². The molecule has 0 saturated heterocycles. The molecule has 1 unspecified atom stereocenters. The van der Waals surface area contributed by atoms with Crippen LogP contribution in [-0.4, -0.2) is 51.6 Å². The summed E-state index contributed by atoms with van der Waals surface area (Å²) in [5.74, 6) is -0.898. The number of nitrogens with two attached hydrogens (primary N) is 1. The molecule has 6 heteroatoms. The number of amides is 1. The van der Waals surface area contributed by atoms with Gasteiger partial charge in [-0.2, -0.15) is 0 Å². The van der Waals surface area contributed by atoms with E-state index in [9.17, 15) is 9.59 Å². The molecule has 0 radical (unpaired) electrons. The Morgan fingerprint density at radius 2 is 1.90 bits per heavy atom. The largest absolute Gasteiger partial charge is 0.469 e. The Labute approximate surface area is 125 Å². The maximum Gasteiger partial charge on any atom is 0.310 e. The van der Waals surface area contributed by atoms with Crippen molar-refractivity contribution in [1.82, 2.24) is 4.90 Å². The normalized spacial score (nSPS) is 11.7. The minimum atomic E-state index is -0.382. The summed E-state index contributed by atoms with van der Waals surface area (Å²) in [7, 11) is 6.71. The number of esters is 1. The van der Waals surface area contributed by atoms with E-state index in [1.807, 2.05) is 19.0 Å². The van der Waals surface area contributed by atoms with Crippen molar-refractivity contribution < 1.29 is 14.3 Å². The topological polar surface area (TPSA) is 75.9 Å². The van der Waals surface area contributed by atoms with Crippen LogP contribution in [0.15, 0.2) is 18.2 Å². The Morgan fingerprint density at radius 1 is 1.29 bits per heavy atom. The zero-order valence-corrected chi connectivity index (χ0v) is 13.2. The predicted octanol–water partition coefficient (Wildman–Crippen LogP) is 1.22. The first-order valence-corrected chi connectivity index (χ1v) is 6.68. The van der Waals surface area contributed by atoms with E-state index < -0.39 is 0 Å². The summed E-state index contributed by atoms with van der Waals surface area (Å²) >= 11 is 0. The molecule has 0 aliphatic rings. The molecule has 0 aliphatic heterocycles. The van der Waals surface area contributed by atoms with E-state index in [1.165, 1.54) is 12.0 Å². The maximum atomic E-state index is 12.6. The average Bonchev–Trinajstić information content (AvgIpc) is 2.44. The Hall–Kier alpha value is -2.24. The van der Waals surface area contributed by atoms with Crippen molar-refractivity contribution in [3.05, 3.63) is 23.8 Å². The van der Waals surface area contributed by atoms with Gasteiger partial charge in [-0.3, -0.25) is 9.59 Å². The number of hydrogen-bond acceptors (Lipinski definition) is 5. The molecule has 0 spiro atoms. The van der Waals surface area contributed by atoms with Gasteiger partial charge in [-0.1, -0.05) is 6.92 Å². The molecule has 0 fully saturated rings. The summed E-state index contributed by atoms with van der Waals surface area (Å²) in [6.07, 6.45) is 0. The Bertz CT molecular complexity index is 529. The number of carbonyl (C=O) groups excluding carboxylic acids is 2. The monoisotopic (exact) mass is 293 g/mol. The molecule has 1 amide bonds. The smallest absolute Gasteiger partial charge is 0.310 e. The number of methoxy groups -OCH3 is 1. The standard InChI is InChI=1S/C15H23N3O3/c1-10(15(20)21-5)9-18(4)14(19)12-8-11(16)6-7-13(12)17(2)3/h6-8,10H,9,16H2,1-5H3. The van der Waals surface area contributed by atoms with E-state index in [0.29, 0.717) is 11.3 Å². The van der Waals surface area contributed by atoms with Crippen LogP contribution in [-0.2, 0) is 9.53 Å². The zero-order chi connectivity index (χ0) is 16.2. The van der Waals surface area contributed by atoms with Crippen molar-refractivity contribution in [3.8, 4) is 0 Å². The molecule has 21 heavy (non-hydrogen) atoms. The van der Waals surface area contributed by atoms with Crippen molar-refractivity contribution >= 4 is 23.3 Å². The van der Waals surface area contributed by atoms with Crippen LogP contribution < -0.4 is 10.6 Å². The highest BCUT2D eigenvalue weighted by Gasteiger charge is 2.22. The lowest BCUT2D eigenvalue weighted by molar-refractivity contribution is -0.145. The highest BCUT2D eigenvalue weighted by Crippen LogP contribution is 2.23. The fourth-order valence-corrected chi connectivity index (χ4v) is 2.09. The molecule has 0 heterocycles. The number of benzene rings is 1. The van der Waals surface area contributed by atoms with Crippen LogP contribution in [0.25, 0.3) is 0 Å². The third-order valence-electron chi connectivity index (χ3n) is 3.23. The molecular weight excluding hydrogens is 270 g/mol. The molecule has 0 saturated carbocycles. The van der Waals surface area contributed by atoms with Gasteiger partial charge in [0.05, 0.1) is 18.6 Å². The van der Waals surface area contributed by atoms with Crippen LogP contribution in [0.5, 0.6) is 0 Å². The van der Waals surface area contributed by atoms with Crippen molar-refractivity contribution in [3.63, 3.8) is 0 Å². The van der Waals surface area contributed by atoms with Gasteiger partial charge in [0.1, 0.15) is 0 Å². The quantitative estimate of drug-likeness (QED) is 0.652. The van der Waals surface area contributed by atoms with Gasteiger partial charge >= 0.3 is 5.97 Å². The molecule has 116 valence electrons. The molecule has 6 nitrogen and oxygen atoms in total. The Kier molecular flexibility index (Phi) is 5.58. The number of nitrogen functional groups attached to an aromatic ring is 1. The number of anilines is 2. The molecule has 0 aliphatic carbocycles. The first kappa shape index (κ1) is 16.8. The second-order valence-electron chi connectivity index (χ2n) is 5.28. The van der Waals surface area contributed by atoms with Gasteiger partial charge in [0, 0.05) is 39.1 Å². The maximum absolute atomic E-state index is 12.6. The second-order valence-corrected chi connectivity index (χ2v) is 5.28. The van der Waals surface area contributed by atoms with E-state index in [2.05, 4.69) is 4.74 Å². The van der Waals surface area contributed by atoms with E-state index in [-0.39, 0.29) is 24.3 Å². The van der Waals surface area contributed by atoms with Gasteiger partial charge in [-0.05, 0) is 18.2 Å². The first-order chi connectivity index (χ1) is 9.77. The second kappa shape index (κ2) is 6.97. The molecule has 2 N–H and O–H groups in total. The summed E-state index contributed by atoms with van der Waals surface area (Å²) in [6.45, 7) is 2.01. The minimum Gasteiger partial charge on any atom is -0.469 e. The predicted molar refractivity (Wildman–Crippen MR) is 83.3 cm³/mol. The first-order valence-electron chi connectivity index (χ1n) is 6.68. The van der Waals surface area contributed by atoms with Crippen molar-refractivity contribution in [1.29, 1.82) is 0 Å². The number of rotatable bonds is 5. The van der Waals surface area contributed by atoms with Gasteiger partial charge in [0.2, 0.25) is 0 Å². The molecule has 1 aromatic rings. The number of carbonyl (C=O) groups is 2. The fraction of sp³-hybridized carbons (Fsp3) is 0.467. The highest BCUT2D eigenvalue weighted by atomic mass is 16.5. The SMILES string of the molecule is COC(=O)C(C)CN(C)C(=O)c1cc(N)ccc1N(C)C. The fourth-order valence-electron chi connectivity index (χ4n) is 2.09. The Morgan fingerprint density at radius 3 is 2.43 bits per heavy atom. The van der Waals surface area contributed by atoms with Crippen molar-refractivity contribution in [2.75, 3.05) is 45.4 Å². The summed E-state index contributed by atoms with van der Waals surface area (Å²) < 4.78 is 4.67. The number of ether oxygens (including phenoxy) is 1. The van der Waals surface area contributed by atoms with Gasteiger partial charge in [-0.15, -0.1) is 0 Å². The Balaban J connectivity index is 2.97. The molecule has 0 aromatic heterocycles. The lowest BCUT2D eigenvalue weighted by Crippen LogP contribution is -2.35. The summed E-state index contributed by atoms with van der Waals surface area (Å²) in [4.78, 5) is 27.4. The molecular formula is C15H23N3O3. The van der Waals surface area contributed by atoms with Gasteiger partial charge in [-0.25, -0.2) is 0 Å². The number of nitrogens with zero attached hydrogens (tertiary/aromatic N) is 2.